The van der Waals surface area contributed by atoms with Gasteiger partial charge in [0.2, 0.25) is 5.95 Å². The highest BCUT2D eigenvalue weighted by molar-refractivity contribution is 5.79. The zero-order chi connectivity index (χ0) is 11.0. The van der Waals surface area contributed by atoms with Crippen LogP contribution in [0.15, 0.2) is 42.6 Å². The second kappa shape index (κ2) is 3.41. The van der Waals surface area contributed by atoms with Crippen LogP contribution in [0.5, 0.6) is 0 Å². The first-order chi connectivity index (χ1) is 7.84. The number of benzene rings is 1. The van der Waals surface area contributed by atoms with E-state index in [0.29, 0.717) is 0 Å². The summed E-state index contributed by atoms with van der Waals surface area (Å²) in [4.78, 5) is 7.61. The number of anilines is 2. The van der Waals surface area contributed by atoms with Crippen molar-refractivity contribution in [1.82, 2.24) is 14.5 Å². The fraction of sp³-hybridized carbons (Fsp3) is 0.0833. The summed E-state index contributed by atoms with van der Waals surface area (Å²) in [5.41, 5.74) is 2.12. The van der Waals surface area contributed by atoms with Crippen LogP contribution in [-0.2, 0) is 7.05 Å². The van der Waals surface area contributed by atoms with Crippen molar-refractivity contribution in [2.45, 2.75) is 0 Å². The average Bonchev–Trinajstić information content (AvgIpc) is 2.90. The van der Waals surface area contributed by atoms with Crippen LogP contribution < -0.4 is 5.32 Å². The number of aromatic amines is 1. The first kappa shape index (κ1) is 9.03. The number of imidazole rings is 1. The second-order valence-electron chi connectivity index (χ2n) is 3.69. The summed E-state index contributed by atoms with van der Waals surface area (Å²) >= 11 is 0. The lowest BCUT2D eigenvalue weighted by molar-refractivity contribution is 0.956. The van der Waals surface area contributed by atoms with Crippen molar-refractivity contribution in [1.29, 1.82) is 0 Å². The maximum atomic E-state index is 4.52. The summed E-state index contributed by atoms with van der Waals surface area (Å²) < 4.78 is 2.04. The first-order valence-electron chi connectivity index (χ1n) is 5.16. The predicted molar refractivity (Wildman–Crippen MR) is 64.8 cm³/mol. The van der Waals surface area contributed by atoms with Gasteiger partial charge >= 0.3 is 0 Å². The standard InChI is InChI=1S/C12H12N4/c1-16-10-6-3-2-5-9(10)14-12(16)15-11-7-4-8-13-11/h2-8,13H,1H3,(H,14,15). The molecule has 0 saturated heterocycles. The summed E-state index contributed by atoms with van der Waals surface area (Å²) in [5.74, 6) is 1.78. The van der Waals surface area contributed by atoms with Crippen molar-refractivity contribution in [3.05, 3.63) is 42.6 Å². The molecule has 0 aliphatic rings. The molecule has 0 fully saturated rings. The second-order valence-corrected chi connectivity index (χ2v) is 3.69. The third-order valence-corrected chi connectivity index (χ3v) is 2.63. The Kier molecular flexibility index (Phi) is 1.93. The van der Waals surface area contributed by atoms with Crippen molar-refractivity contribution in [2.24, 2.45) is 7.05 Å². The Morgan fingerprint density at radius 3 is 2.81 bits per heavy atom. The van der Waals surface area contributed by atoms with Gasteiger partial charge in [-0.15, -0.1) is 0 Å². The number of nitrogens with one attached hydrogen (secondary N) is 2. The van der Waals surface area contributed by atoms with E-state index < -0.39 is 0 Å². The molecule has 0 radical (unpaired) electrons. The zero-order valence-corrected chi connectivity index (χ0v) is 8.94. The molecule has 0 atom stereocenters. The minimum absolute atomic E-state index is 0.837. The van der Waals surface area contributed by atoms with E-state index in [4.69, 9.17) is 0 Å². The smallest absolute Gasteiger partial charge is 0.209 e. The summed E-state index contributed by atoms with van der Waals surface area (Å²) in [5, 5.41) is 3.24. The van der Waals surface area contributed by atoms with Crippen LogP contribution in [0.3, 0.4) is 0 Å². The number of nitrogens with zero attached hydrogens (tertiary/aromatic N) is 2. The van der Waals surface area contributed by atoms with Gasteiger partial charge in [0, 0.05) is 13.2 Å². The monoisotopic (exact) mass is 212 g/mol. The minimum atomic E-state index is 0.837. The summed E-state index contributed by atoms with van der Waals surface area (Å²) in [6, 6.07) is 12.0. The molecule has 1 aromatic carbocycles. The van der Waals surface area contributed by atoms with Crippen molar-refractivity contribution in [3.63, 3.8) is 0 Å². The highest BCUT2D eigenvalue weighted by Gasteiger charge is 2.06. The molecule has 16 heavy (non-hydrogen) atoms. The van der Waals surface area contributed by atoms with E-state index >= 15 is 0 Å². The molecule has 4 nitrogen and oxygen atoms in total. The zero-order valence-electron chi connectivity index (χ0n) is 8.94. The van der Waals surface area contributed by atoms with E-state index in [-0.39, 0.29) is 0 Å². The maximum Gasteiger partial charge on any atom is 0.209 e. The van der Waals surface area contributed by atoms with Crippen molar-refractivity contribution >= 4 is 22.8 Å². The molecule has 0 aliphatic carbocycles. The third kappa shape index (κ3) is 1.35. The Morgan fingerprint density at radius 2 is 2.06 bits per heavy atom. The molecule has 3 aromatic rings. The number of aryl methyl sites for hydroxylation is 1. The number of H-pyrrole nitrogens is 1. The van der Waals surface area contributed by atoms with Crippen molar-refractivity contribution < 1.29 is 0 Å². The van der Waals surface area contributed by atoms with E-state index in [0.717, 1.165) is 22.8 Å². The molecular weight excluding hydrogens is 200 g/mol. The van der Waals surface area contributed by atoms with Crippen LogP contribution in [0.1, 0.15) is 0 Å². The molecule has 3 rings (SSSR count). The van der Waals surface area contributed by atoms with Gasteiger partial charge in [-0.1, -0.05) is 12.1 Å². The Hall–Kier alpha value is -2.23. The summed E-state index contributed by atoms with van der Waals surface area (Å²) in [6.45, 7) is 0. The van der Waals surface area contributed by atoms with Gasteiger partial charge in [-0.2, -0.15) is 0 Å². The SMILES string of the molecule is Cn1c(Nc2ccc[nH]2)nc2ccccc21. The number of hydrogen-bond donors (Lipinski definition) is 2. The minimum Gasteiger partial charge on any atom is -0.348 e. The molecule has 2 aromatic heterocycles. The third-order valence-electron chi connectivity index (χ3n) is 2.63. The number of aromatic nitrogens is 3. The fourth-order valence-corrected chi connectivity index (χ4v) is 1.79. The van der Waals surface area contributed by atoms with Gasteiger partial charge in [0.1, 0.15) is 5.82 Å². The van der Waals surface area contributed by atoms with Crippen molar-refractivity contribution in [3.8, 4) is 0 Å². The van der Waals surface area contributed by atoms with Crippen LogP contribution in [0.25, 0.3) is 11.0 Å². The molecular formula is C12H12N4. The molecule has 0 amide bonds. The van der Waals surface area contributed by atoms with E-state index in [1.54, 1.807) is 0 Å². The Morgan fingerprint density at radius 1 is 1.19 bits per heavy atom. The molecule has 80 valence electrons. The van der Waals surface area contributed by atoms with Crippen LogP contribution >= 0.6 is 0 Å². The molecule has 0 aliphatic heterocycles. The number of para-hydroxylation sites is 2. The topological polar surface area (TPSA) is 45.6 Å². The highest BCUT2D eigenvalue weighted by Crippen LogP contribution is 2.20. The number of fused-ring (bicyclic) bond motifs is 1. The summed E-state index contributed by atoms with van der Waals surface area (Å²) in [7, 11) is 2.00. The van der Waals surface area contributed by atoms with Gasteiger partial charge in [0.25, 0.3) is 0 Å². The molecule has 2 N–H and O–H groups in total. The van der Waals surface area contributed by atoms with Gasteiger partial charge < -0.3 is 14.9 Å². The van der Waals surface area contributed by atoms with Gasteiger partial charge in [-0.25, -0.2) is 4.98 Å². The number of hydrogen-bond acceptors (Lipinski definition) is 2. The predicted octanol–water partition coefficient (Wildman–Crippen LogP) is 2.65. The fourth-order valence-electron chi connectivity index (χ4n) is 1.79. The average molecular weight is 212 g/mol. The molecule has 2 heterocycles. The largest absolute Gasteiger partial charge is 0.348 e. The Labute approximate surface area is 92.9 Å². The lowest BCUT2D eigenvalue weighted by Crippen LogP contribution is -1.98. The maximum absolute atomic E-state index is 4.52. The molecule has 0 unspecified atom stereocenters. The van der Waals surface area contributed by atoms with Crippen LogP contribution in [-0.4, -0.2) is 14.5 Å². The van der Waals surface area contributed by atoms with E-state index in [1.165, 1.54) is 0 Å². The molecule has 0 bridgehead atoms. The summed E-state index contributed by atoms with van der Waals surface area (Å²) in [6.07, 6.45) is 1.88. The lowest BCUT2D eigenvalue weighted by atomic mass is 10.3. The Balaban J connectivity index is 2.07. The van der Waals surface area contributed by atoms with Gasteiger partial charge in [-0.3, -0.25) is 0 Å². The normalized spacial score (nSPS) is 10.8. The van der Waals surface area contributed by atoms with Gasteiger partial charge in [0.05, 0.1) is 11.0 Å². The van der Waals surface area contributed by atoms with Crippen LogP contribution in [0, 0.1) is 0 Å². The number of rotatable bonds is 2. The van der Waals surface area contributed by atoms with Gasteiger partial charge in [0.15, 0.2) is 0 Å². The molecule has 0 spiro atoms. The van der Waals surface area contributed by atoms with Crippen molar-refractivity contribution in [2.75, 3.05) is 5.32 Å². The molecule has 4 heteroatoms. The quantitative estimate of drug-likeness (QED) is 0.686. The van der Waals surface area contributed by atoms with Gasteiger partial charge in [-0.05, 0) is 24.3 Å². The highest BCUT2D eigenvalue weighted by atomic mass is 15.2. The Bertz CT molecular complexity index is 607. The molecule has 0 saturated carbocycles. The van der Waals surface area contributed by atoms with Crippen LogP contribution in [0.2, 0.25) is 0 Å². The van der Waals surface area contributed by atoms with E-state index in [1.807, 2.05) is 48.1 Å². The first-order valence-corrected chi connectivity index (χ1v) is 5.16. The van der Waals surface area contributed by atoms with Crippen LogP contribution in [0.4, 0.5) is 11.8 Å². The van der Waals surface area contributed by atoms with E-state index in [2.05, 4.69) is 21.4 Å². The van der Waals surface area contributed by atoms with E-state index in [9.17, 15) is 0 Å². The lowest BCUT2D eigenvalue weighted by Gasteiger charge is -2.03.